The minimum Gasteiger partial charge on any atom is -0.480 e. The third kappa shape index (κ3) is 2.39. The van der Waals surface area contributed by atoms with Gasteiger partial charge in [0.05, 0.1) is 12.7 Å². The number of aliphatic carboxylic acids is 1. The molecule has 1 aromatic heterocycles. The molecular weight excluding hydrogens is 242 g/mol. The molecule has 3 rings (SSSR count). The molecule has 1 aliphatic heterocycles. The van der Waals surface area contributed by atoms with E-state index < -0.39 is 5.97 Å². The first-order chi connectivity index (χ1) is 9.15. The van der Waals surface area contributed by atoms with Gasteiger partial charge in [-0.25, -0.2) is 0 Å². The summed E-state index contributed by atoms with van der Waals surface area (Å²) >= 11 is 0. The monoisotopic (exact) mass is 263 g/mol. The van der Waals surface area contributed by atoms with Crippen molar-refractivity contribution in [1.82, 2.24) is 14.7 Å². The molecular formula is C14H21N3O2. The van der Waals surface area contributed by atoms with Crippen LogP contribution in [0.3, 0.4) is 0 Å². The second-order valence-electron chi connectivity index (χ2n) is 5.91. The topological polar surface area (TPSA) is 58.4 Å². The Kier molecular flexibility index (Phi) is 3.31. The number of fused-ring (bicyclic) bond motifs is 1. The summed E-state index contributed by atoms with van der Waals surface area (Å²) in [6.07, 6.45) is 7.33. The molecule has 0 aromatic carbocycles. The van der Waals surface area contributed by atoms with Crippen molar-refractivity contribution in [2.24, 2.45) is 11.8 Å². The van der Waals surface area contributed by atoms with Gasteiger partial charge in [-0.3, -0.25) is 14.4 Å². The Labute approximate surface area is 113 Å². The van der Waals surface area contributed by atoms with Crippen LogP contribution in [0, 0.1) is 18.8 Å². The molecule has 104 valence electrons. The maximum absolute atomic E-state index is 11.5. The van der Waals surface area contributed by atoms with Crippen LogP contribution in [0.4, 0.5) is 0 Å². The number of carbonyl (C=O) groups is 1. The van der Waals surface area contributed by atoms with E-state index in [4.69, 9.17) is 0 Å². The van der Waals surface area contributed by atoms with Crippen molar-refractivity contribution in [2.45, 2.75) is 38.8 Å². The van der Waals surface area contributed by atoms with E-state index in [0.717, 1.165) is 31.6 Å². The van der Waals surface area contributed by atoms with E-state index in [1.807, 2.05) is 24.0 Å². The first-order valence-corrected chi connectivity index (χ1v) is 7.11. The van der Waals surface area contributed by atoms with Gasteiger partial charge in [-0.05, 0) is 37.2 Å². The van der Waals surface area contributed by atoms with Crippen molar-refractivity contribution >= 4 is 5.97 Å². The zero-order valence-electron chi connectivity index (χ0n) is 11.3. The molecule has 5 nitrogen and oxygen atoms in total. The molecule has 0 spiro atoms. The number of rotatable bonds is 4. The van der Waals surface area contributed by atoms with Gasteiger partial charge < -0.3 is 5.11 Å². The van der Waals surface area contributed by atoms with Gasteiger partial charge in [0.1, 0.15) is 6.04 Å². The number of aryl methyl sites for hydroxylation is 1. The summed E-state index contributed by atoms with van der Waals surface area (Å²) in [5.41, 5.74) is 1.15. The first-order valence-electron chi connectivity index (χ1n) is 7.11. The number of hydrogen-bond acceptors (Lipinski definition) is 3. The van der Waals surface area contributed by atoms with E-state index in [1.165, 1.54) is 12.8 Å². The molecule has 1 saturated carbocycles. The fourth-order valence-corrected chi connectivity index (χ4v) is 3.78. The Morgan fingerprint density at radius 2 is 2.32 bits per heavy atom. The molecule has 3 unspecified atom stereocenters. The summed E-state index contributed by atoms with van der Waals surface area (Å²) in [7, 11) is 0. The normalized spacial score (nSPS) is 30.7. The zero-order chi connectivity index (χ0) is 13.4. The third-order valence-corrected chi connectivity index (χ3v) is 4.62. The highest BCUT2D eigenvalue weighted by molar-refractivity contribution is 5.74. The van der Waals surface area contributed by atoms with Crippen LogP contribution < -0.4 is 0 Å². The lowest BCUT2D eigenvalue weighted by molar-refractivity contribution is -0.143. The quantitative estimate of drug-likeness (QED) is 0.891. The molecule has 19 heavy (non-hydrogen) atoms. The van der Waals surface area contributed by atoms with Gasteiger partial charge in [-0.15, -0.1) is 0 Å². The van der Waals surface area contributed by atoms with Crippen molar-refractivity contribution in [2.75, 3.05) is 13.1 Å². The molecule has 1 aromatic rings. The molecule has 0 amide bonds. The van der Waals surface area contributed by atoms with Gasteiger partial charge >= 0.3 is 5.97 Å². The van der Waals surface area contributed by atoms with Gasteiger partial charge in [0.25, 0.3) is 0 Å². The van der Waals surface area contributed by atoms with Crippen LogP contribution in [0.5, 0.6) is 0 Å². The predicted octanol–water partition coefficient (Wildman–Crippen LogP) is 1.38. The summed E-state index contributed by atoms with van der Waals surface area (Å²) in [5.74, 6) is 0.323. The Morgan fingerprint density at radius 3 is 3.00 bits per heavy atom. The van der Waals surface area contributed by atoms with E-state index in [9.17, 15) is 9.90 Å². The van der Waals surface area contributed by atoms with E-state index in [2.05, 4.69) is 10.00 Å². The highest BCUT2D eigenvalue weighted by Crippen LogP contribution is 2.42. The van der Waals surface area contributed by atoms with E-state index in [0.29, 0.717) is 11.8 Å². The Hall–Kier alpha value is -1.36. The molecule has 5 heteroatoms. The molecule has 1 saturated heterocycles. The Morgan fingerprint density at radius 1 is 1.47 bits per heavy atom. The van der Waals surface area contributed by atoms with Crippen LogP contribution in [0.15, 0.2) is 12.4 Å². The largest absolute Gasteiger partial charge is 0.480 e. The van der Waals surface area contributed by atoms with Gasteiger partial charge in [0.15, 0.2) is 0 Å². The molecule has 1 N–H and O–H groups in total. The second kappa shape index (κ2) is 4.96. The minimum atomic E-state index is -0.647. The fourth-order valence-electron chi connectivity index (χ4n) is 3.78. The van der Waals surface area contributed by atoms with E-state index in [-0.39, 0.29) is 6.04 Å². The van der Waals surface area contributed by atoms with Gasteiger partial charge in [0.2, 0.25) is 0 Å². The van der Waals surface area contributed by atoms with E-state index >= 15 is 0 Å². The highest BCUT2D eigenvalue weighted by Gasteiger charge is 2.47. The Balaban J connectivity index is 1.65. The lowest BCUT2D eigenvalue weighted by Crippen LogP contribution is -2.41. The van der Waals surface area contributed by atoms with Crippen LogP contribution in [-0.4, -0.2) is 44.9 Å². The number of nitrogens with zero attached hydrogens (tertiary/aromatic N) is 3. The molecule has 0 bridgehead atoms. The first kappa shape index (κ1) is 12.7. The Bertz CT molecular complexity index is 471. The average Bonchev–Trinajstić information content (AvgIpc) is 3.00. The van der Waals surface area contributed by atoms with E-state index in [1.54, 1.807) is 0 Å². The van der Waals surface area contributed by atoms with Gasteiger partial charge in [-0.1, -0.05) is 6.42 Å². The summed E-state index contributed by atoms with van der Waals surface area (Å²) in [5, 5.41) is 13.7. The highest BCUT2D eigenvalue weighted by atomic mass is 16.4. The maximum atomic E-state index is 11.5. The van der Waals surface area contributed by atoms with Crippen molar-refractivity contribution < 1.29 is 9.90 Å². The molecule has 2 fully saturated rings. The van der Waals surface area contributed by atoms with Crippen molar-refractivity contribution in [3.8, 4) is 0 Å². The molecule has 1 aliphatic carbocycles. The predicted molar refractivity (Wildman–Crippen MR) is 70.8 cm³/mol. The smallest absolute Gasteiger partial charge is 0.321 e. The standard InChI is InChI=1S/C14H21N3O2/c1-10-7-15-17(8-10)6-5-16-9-11-3-2-4-12(11)13(16)14(18)19/h7-8,11-13H,2-6,9H2,1H3,(H,18,19). The third-order valence-electron chi connectivity index (χ3n) is 4.62. The van der Waals surface area contributed by atoms with Crippen LogP contribution in [-0.2, 0) is 11.3 Å². The summed E-state index contributed by atoms with van der Waals surface area (Å²) < 4.78 is 1.91. The van der Waals surface area contributed by atoms with Gasteiger partial charge in [-0.2, -0.15) is 5.10 Å². The van der Waals surface area contributed by atoms with Crippen LogP contribution in [0.1, 0.15) is 24.8 Å². The number of likely N-dealkylation sites (tertiary alicyclic amines) is 1. The van der Waals surface area contributed by atoms with Crippen LogP contribution >= 0.6 is 0 Å². The SMILES string of the molecule is Cc1cnn(CCN2CC3CCCC3C2C(=O)O)c1. The number of carboxylic acids is 1. The second-order valence-corrected chi connectivity index (χ2v) is 5.91. The fraction of sp³-hybridized carbons (Fsp3) is 0.714. The lowest BCUT2D eigenvalue weighted by Gasteiger charge is -2.23. The average molecular weight is 263 g/mol. The molecule has 0 radical (unpaired) electrons. The zero-order valence-corrected chi connectivity index (χ0v) is 11.3. The summed E-state index contributed by atoms with van der Waals surface area (Å²) in [6.45, 7) is 4.52. The van der Waals surface area contributed by atoms with Crippen molar-refractivity contribution in [3.05, 3.63) is 18.0 Å². The minimum absolute atomic E-state index is 0.274. The molecule has 3 atom stereocenters. The molecule has 2 aliphatic rings. The number of carboxylic acid groups (broad SMARTS) is 1. The van der Waals surface area contributed by atoms with Crippen LogP contribution in [0.25, 0.3) is 0 Å². The maximum Gasteiger partial charge on any atom is 0.321 e. The number of aromatic nitrogens is 2. The van der Waals surface area contributed by atoms with Crippen molar-refractivity contribution in [3.63, 3.8) is 0 Å². The summed E-state index contributed by atoms with van der Waals surface area (Å²) in [4.78, 5) is 13.7. The summed E-state index contributed by atoms with van der Waals surface area (Å²) in [6, 6.07) is -0.274. The number of hydrogen-bond donors (Lipinski definition) is 1. The van der Waals surface area contributed by atoms with Crippen molar-refractivity contribution in [1.29, 1.82) is 0 Å². The van der Waals surface area contributed by atoms with Gasteiger partial charge in [0, 0.05) is 19.3 Å². The van der Waals surface area contributed by atoms with Crippen LogP contribution in [0.2, 0.25) is 0 Å². The molecule has 2 heterocycles. The lowest BCUT2D eigenvalue weighted by atomic mass is 9.94.